The second-order valence-corrected chi connectivity index (χ2v) is 7.40. The highest BCUT2D eigenvalue weighted by molar-refractivity contribution is 5.94. The van der Waals surface area contributed by atoms with Gasteiger partial charge in [0.25, 0.3) is 5.91 Å². The number of benzene rings is 1. The Bertz CT molecular complexity index is 663. The van der Waals surface area contributed by atoms with Crippen molar-refractivity contribution in [3.8, 4) is 6.07 Å². The minimum atomic E-state index is 0.0454. The number of hydrogen-bond donors (Lipinski definition) is 0. The fourth-order valence-electron chi connectivity index (χ4n) is 3.88. The molecule has 2 heterocycles. The van der Waals surface area contributed by atoms with Gasteiger partial charge in [-0.3, -0.25) is 4.79 Å². The molecule has 3 atom stereocenters. The number of rotatable bonds is 5. The van der Waals surface area contributed by atoms with Crippen molar-refractivity contribution in [1.82, 2.24) is 4.90 Å². The number of nitrogens with zero attached hydrogens (tertiary/aromatic N) is 2. The van der Waals surface area contributed by atoms with E-state index in [1.807, 2.05) is 4.90 Å². The van der Waals surface area contributed by atoms with Gasteiger partial charge in [-0.15, -0.1) is 0 Å². The first-order chi connectivity index (χ1) is 12.2. The lowest BCUT2D eigenvalue weighted by Gasteiger charge is -2.36. The van der Waals surface area contributed by atoms with Gasteiger partial charge in [0.2, 0.25) is 0 Å². The maximum absolute atomic E-state index is 12.8. The molecule has 2 aliphatic heterocycles. The van der Waals surface area contributed by atoms with Crippen LogP contribution >= 0.6 is 0 Å². The molecule has 0 spiro atoms. The van der Waals surface area contributed by atoms with Gasteiger partial charge in [-0.05, 0) is 62.3 Å². The van der Waals surface area contributed by atoms with Crippen molar-refractivity contribution in [2.45, 2.75) is 50.4 Å². The third-order valence-electron chi connectivity index (χ3n) is 5.51. The second kappa shape index (κ2) is 7.15. The van der Waals surface area contributed by atoms with Crippen molar-refractivity contribution in [2.24, 2.45) is 5.92 Å². The van der Waals surface area contributed by atoms with E-state index in [0.29, 0.717) is 17.7 Å². The predicted octanol–water partition coefficient (Wildman–Crippen LogP) is 2.75. The zero-order valence-corrected chi connectivity index (χ0v) is 14.4. The van der Waals surface area contributed by atoms with Crippen LogP contribution < -0.4 is 0 Å². The van der Waals surface area contributed by atoms with Gasteiger partial charge >= 0.3 is 0 Å². The molecule has 2 saturated heterocycles. The Balaban J connectivity index is 1.33. The highest BCUT2D eigenvalue weighted by Gasteiger charge is 2.42. The number of carbonyl (C=O) groups excluding carboxylic acids is 1. The fourth-order valence-corrected chi connectivity index (χ4v) is 3.88. The molecule has 3 aliphatic rings. The largest absolute Gasteiger partial charge is 0.378 e. The zero-order valence-electron chi connectivity index (χ0n) is 14.4. The van der Waals surface area contributed by atoms with E-state index in [-0.39, 0.29) is 24.2 Å². The van der Waals surface area contributed by atoms with Crippen molar-refractivity contribution in [1.29, 1.82) is 5.26 Å². The number of fused-ring (bicyclic) bond motifs is 1. The van der Waals surface area contributed by atoms with E-state index < -0.39 is 0 Å². The van der Waals surface area contributed by atoms with Crippen molar-refractivity contribution in [2.75, 3.05) is 19.8 Å². The first-order valence-electron chi connectivity index (χ1n) is 9.29. The molecule has 132 valence electrons. The average Bonchev–Trinajstić information content (AvgIpc) is 3.38. The van der Waals surface area contributed by atoms with Crippen LogP contribution in [0.1, 0.15) is 48.0 Å². The summed E-state index contributed by atoms with van der Waals surface area (Å²) in [5.74, 6) is 0.826. The number of carbonyl (C=O) groups is 1. The summed E-state index contributed by atoms with van der Waals surface area (Å²) in [5, 5.41) is 8.88. The Morgan fingerprint density at radius 3 is 2.68 bits per heavy atom. The Labute approximate surface area is 148 Å². The highest BCUT2D eigenvalue weighted by atomic mass is 16.5. The Morgan fingerprint density at radius 2 is 1.96 bits per heavy atom. The molecular weight excluding hydrogens is 316 g/mol. The van der Waals surface area contributed by atoms with Crippen molar-refractivity contribution < 1.29 is 14.3 Å². The van der Waals surface area contributed by atoms with Gasteiger partial charge in [0, 0.05) is 18.7 Å². The van der Waals surface area contributed by atoms with Gasteiger partial charge in [0.15, 0.2) is 0 Å². The molecule has 5 nitrogen and oxygen atoms in total. The third-order valence-corrected chi connectivity index (χ3v) is 5.51. The number of amides is 1. The second-order valence-electron chi connectivity index (χ2n) is 7.40. The van der Waals surface area contributed by atoms with E-state index in [1.165, 1.54) is 12.8 Å². The zero-order chi connectivity index (χ0) is 17.2. The summed E-state index contributed by atoms with van der Waals surface area (Å²) in [6.45, 7) is 2.30. The van der Waals surface area contributed by atoms with Gasteiger partial charge in [-0.25, -0.2) is 0 Å². The van der Waals surface area contributed by atoms with E-state index in [4.69, 9.17) is 14.7 Å². The third kappa shape index (κ3) is 3.70. The molecule has 1 aromatic carbocycles. The maximum atomic E-state index is 12.8. The summed E-state index contributed by atoms with van der Waals surface area (Å²) in [4.78, 5) is 14.8. The molecule has 1 unspecified atom stereocenters. The monoisotopic (exact) mass is 340 g/mol. The van der Waals surface area contributed by atoms with Crippen molar-refractivity contribution >= 4 is 5.91 Å². The normalized spacial score (nSPS) is 28.4. The van der Waals surface area contributed by atoms with Crippen LogP contribution in [0.2, 0.25) is 0 Å². The smallest absolute Gasteiger partial charge is 0.254 e. The van der Waals surface area contributed by atoms with E-state index in [2.05, 4.69) is 6.07 Å². The fraction of sp³-hybridized carbons (Fsp3) is 0.600. The van der Waals surface area contributed by atoms with Crippen LogP contribution in [0.4, 0.5) is 0 Å². The van der Waals surface area contributed by atoms with Crippen LogP contribution in [0.3, 0.4) is 0 Å². The molecule has 25 heavy (non-hydrogen) atoms. The first kappa shape index (κ1) is 16.6. The van der Waals surface area contributed by atoms with Crippen LogP contribution in [0, 0.1) is 17.2 Å². The van der Waals surface area contributed by atoms with Crippen molar-refractivity contribution in [3.63, 3.8) is 0 Å². The summed E-state index contributed by atoms with van der Waals surface area (Å²) in [6.07, 6.45) is 5.74. The summed E-state index contributed by atoms with van der Waals surface area (Å²) in [7, 11) is 0. The van der Waals surface area contributed by atoms with Crippen LogP contribution in [-0.2, 0) is 9.47 Å². The number of nitriles is 1. The van der Waals surface area contributed by atoms with E-state index in [1.54, 1.807) is 24.3 Å². The quantitative estimate of drug-likeness (QED) is 0.827. The lowest BCUT2D eigenvalue weighted by Crippen LogP contribution is -2.46. The molecule has 1 saturated carbocycles. The van der Waals surface area contributed by atoms with E-state index >= 15 is 0 Å². The van der Waals surface area contributed by atoms with Gasteiger partial charge in [0.1, 0.15) is 0 Å². The number of hydrogen-bond acceptors (Lipinski definition) is 4. The van der Waals surface area contributed by atoms with Crippen LogP contribution in [0.5, 0.6) is 0 Å². The highest BCUT2D eigenvalue weighted by Crippen LogP contribution is 2.33. The van der Waals surface area contributed by atoms with Crippen LogP contribution in [0.15, 0.2) is 24.3 Å². The molecule has 5 heteroatoms. The maximum Gasteiger partial charge on any atom is 0.254 e. The van der Waals surface area contributed by atoms with Crippen molar-refractivity contribution in [3.05, 3.63) is 35.4 Å². The molecule has 1 aliphatic carbocycles. The minimum Gasteiger partial charge on any atom is -0.378 e. The average molecular weight is 340 g/mol. The number of ether oxygens (including phenoxy) is 2. The van der Waals surface area contributed by atoms with E-state index in [0.717, 1.165) is 38.3 Å². The van der Waals surface area contributed by atoms with Gasteiger partial charge < -0.3 is 14.4 Å². The molecule has 4 rings (SSSR count). The Kier molecular flexibility index (Phi) is 4.74. The predicted molar refractivity (Wildman–Crippen MR) is 92.0 cm³/mol. The minimum absolute atomic E-state index is 0.0454. The topological polar surface area (TPSA) is 62.6 Å². The molecule has 0 aromatic heterocycles. The van der Waals surface area contributed by atoms with Gasteiger partial charge in [-0.1, -0.05) is 0 Å². The lowest BCUT2D eigenvalue weighted by molar-refractivity contribution is -0.0973. The Hall–Kier alpha value is -1.90. The molecular formula is C20H24N2O3. The summed E-state index contributed by atoms with van der Waals surface area (Å²) < 4.78 is 12.0. The SMILES string of the molecule is N#Cc1ccc(C(=O)N2CC[C@@H]3OC(COCC4CC4)CC[C@@H]32)cc1. The Morgan fingerprint density at radius 1 is 1.16 bits per heavy atom. The molecule has 1 amide bonds. The standard InChI is InChI=1S/C20H24N2O3/c21-11-14-3-5-16(6-4-14)20(23)22-10-9-19-18(22)8-7-17(25-19)13-24-12-15-1-2-15/h3-6,15,17-19H,1-2,7-10,12-13H2/t17?,18-,19-/m0/s1. The summed E-state index contributed by atoms with van der Waals surface area (Å²) >= 11 is 0. The summed E-state index contributed by atoms with van der Waals surface area (Å²) in [6, 6.07) is 9.14. The molecule has 0 radical (unpaired) electrons. The molecule has 1 aromatic rings. The van der Waals surface area contributed by atoms with Crippen LogP contribution in [0.25, 0.3) is 0 Å². The van der Waals surface area contributed by atoms with E-state index in [9.17, 15) is 4.79 Å². The lowest BCUT2D eigenvalue weighted by atomic mass is 9.99. The summed E-state index contributed by atoms with van der Waals surface area (Å²) in [5.41, 5.74) is 1.22. The number of likely N-dealkylation sites (tertiary alicyclic amines) is 1. The molecule has 0 N–H and O–H groups in total. The first-order valence-corrected chi connectivity index (χ1v) is 9.29. The van der Waals surface area contributed by atoms with Crippen LogP contribution in [-0.4, -0.2) is 48.8 Å². The molecule has 3 fully saturated rings. The van der Waals surface area contributed by atoms with Gasteiger partial charge in [0.05, 0.1) is 36.5 Å². The molecule has 0 bridgehead atoms. The van der Waals surface area contributed by atoms with Gasteiger partial charge in [-0.2, -0.15) is 5.26 Å².